The molecule has 126 valence electrons. The molecule has 0 radical (unpaired) electrons. The fourth-order valence-corrected chi connectivity index (χ4v) is 3.48. The molecule has 0 fully saturated rings. The van der Waals surface area contributed by atoms with Gasteiger partial charge in [-0.15, -0.1) is 0 Å². The lowest BCUT2D eigenvalue weighted by Gasteiger charge is -2.20. The molecule has 24 heavy (non-hydrogen) atoms. The van der Waals surface area contributed by atoms with Crippen molar-refractivity contribution < 1.29 is 9.47 Å². The number of nitrogens with one attached hydrogen (secondary N) is 1. The van der Waals surface area contributed by atoms with Crippen molar-refractivity contribution in [3.8, 4) is 11.5 Å². The first-order valence-corrected chi connectivity index (χ1v) is 8.98. The summed E-state index contributed by atoms with van der Waals surface area (Å²) in [6.45, 7) is 2.14. The lowest BCUT2D eigenvalue weighted by molar-refractivity contribution is 0.414. The average Bonchev–Trinajstić information content (AvgIpc) is 3.06. The van der Waals surface area contributed by atoms with Gasteiger partial charge in [-0.25, -0.2) is 0 Å². The summed E-state index contributed by atoms with van der Waals surface area (Å²) in [7, 11) is 3.36. The summed E-state index contributed by atoms with van der Waals surface area (Å²) < 4.78 is 10.5. The Kier molecular flexibility index (Phi) is 5.30. The van der Waals surface area contributed by atoms with E-state index >= 15 is 0 Å². The molecular formula is C19H22N2O2S. The summed E-state index contributed by atoms with van der Waals surface area (Å²) >= 11 is 1.74. The lowest BCUT2D eigenvalue weighted by atomic mass is 9.95. The van der Waals surface area contributed by atoms with Crippen molar-refractivity contribution in [2.24, 2.45) is 4.99 Å². The second kappa shape index (κ2) is 7.62. The second-order valence-electron chi connectivity index (χ2n) is 5.48. The number of nitrogens with zero attached hydrogens (tertiary/aromatic N) is 1. The van der Waals surface area contributed by atoms with E-state index in [9.17, 15) is 0 Å². The fourth-order valence-electron chi connectivity index (χ4n) is 2.81. The van der Waals surface area contributed by atoms with Gasteiger partial charge in [-0.2, -0.15) is 0 Å². The fraction of sp³-hybridized carbons (Fsp3) is 0.316. The van der Waals surface area contributed by atoms with Crippen molar-refractivity contribution >= 4 is 16.9 Å². The van der Waals surface area contributed by atoms with E-state index in [0.29, 0.717) is 0 Å². The minimum Gasteiger partial charge on any atom is -0.497 e. The van der Waals surface area contributed by atoms with E-state index in [1.54, 1.807) is 26.0 Å². The molecule has 1 heterocycles. The van der Waals surface area contributed by atoms with Crippen LogP contribution in [0.15, 0.2) is 53.5 Å². The topological polar surface area (TPSA) is 42.9 Å². The molecule has 2 aromatic carbocycles. The van der Waals surface area contributed by atoms with Crippen LogP contribution in [0.1, 0.15) is 30.1 Å². The Morgan fingerprint density at radius 1 is 0.917 bits per heavy atom. The molecule has 0 saturated heterocycles. The highest BCUT2D eigenvalue weighted by Gasteiger charge is 2.31. The Morgan fingerprint density at radius 2 is 1.46 bits per heavy atom. The van der Waals surface area contributed by atoms with Crippen LogP contribution >= 0.6 is 11.8 Å². The predicted molar refractivity (Wildman–Crippen MR) is 100 cm³/mol. The van der Waals surface area contributed by atoms with E-state index in [0.717, 1.165) is 22.4 Å². The summed E-state index contributed by atoms with van der Waals surface area (Å²) in [5.41, 5.74) is 2.38. The van der Waals surface area contributed by atoms with Gasteiger partial charge in [0, 0.05) is 0 Å². The number of thioether (sulfide) groups is 1. The van der Waals surface area contributed by atoms with Crippen molar-refractivity contribution in [3.63, 3.8) is 0 Å². The van der Waals surface area contributed by atoms with Crippen molar-refractivity contribution in [2.75, 3.05) is 20.0 Å². The van der Waals surface area contributed by atoms with Crippen LogP contribution in [0.25, 0.3) is 0 Å². The molecule has 2 aromatic rings. The van der Waals surface area contributed by atoms with Crippen LogP contribution in [0.5, 0.6) is 11.5 Å². The largest absolute Gasteiger partial charge is 0.497 e. The highest BCUT2D eigenvalue weighted by Crippen LogP contribution is 2.38. The first-order chi connectivity index (χ1) is 11.7. The summed E-state index contributed by atoms with van der Waals surface area (Å²) in [4.78, 5) is 4.90. The van der Waals surface area contributed by atoms with Gasteiger partial charge in [0.1, 0.15) is 17.5 Å². The van der Waals surface area contributed by atoms with Crippen LogP contribution in [0.4, 0.5) is 0 Å². The van der Waals surface area contributed by atoms with Gasteiger partial charge in [0.25, 0.3) is 0 Å². The number of hydrogen-bond acceptors (Lipinski definition) is 5. The van der Waals surface area contributed by atoms with Gasteiger partial charge in [0.2, 0.25) is 0 Å². The highest BCUT2D eigenvalue weighted by molar-refractivity contribution is 8.13. The van der Waals surface area contributed by atoms with Crippen molar-refractivity contribution in [1.29, 1.82) is 0 Å². The van der Waals surface area contributed by atoms with Gasteiger partial charge in [0.15, 0.2) is 5.17 Å². The standard InChI is InChI=1S/C19H22N2O2S/c1-4-24-19-20-17(13-5-9-15(22-2)10-6-13)18(21-19)14-7-11-16(23-3)12-8-14/h5-12,17-18H,4H2,1-3H3,(H,20,21)/t17-,18-/m0/s1. The summed E-state index contributed by atoms with van der Waals surface area (Å²) in [6, 6.07) is 16.5. The lowest BCUT2D eigenvalue weighted by Crippen LogP contribution is -2.22. The first kappa shape index (κ1) is 16.7. The molecule has 1 aliphatic rings. The third-order valence-corrected chi connectivity index (χ3v) is 4.85. The van der Waals surface area contributed by atoms with Crippen LogP contribution < -0.4 is 14.8 Å². The first-order valence-electron chi connectivity index (χ1n) is 8.00. The van der Waals surface area contributed by atoms with E-state index in [1.165, 1.54) is 11.1 Å². The molecule has 0 amide bonds. The molecule has 0 unspecified atom stereocenters. The van der Waals surface area contributed by atoms with Crippen LogP contribution in [-0.2, 0) is 0 Å². The maximum atomic E-state index is 5.26. The Bertz CT molecular complexity index is 698. The Labute approximate surface area is 147 Å². The Morgan fingerprint density at radius 3 is 1.96 bits per heavy atom. The zero-order chi connectivity index (χ0) is 16.9. The van der Waals surface area contributed by atoms with E-state index < -0.39 is 0 Å². The quantitative estimate of drug-likeness (QED) is 0.884. The normalized spacial score (nSPS) is 19.5. The van der Waals surface area contributed by atoms with Crippen molar-refractivity contribution in [3.05, 3.63) is 59.7 Å². The molecule has 2 atom stereocenters. The Balaban J connectivity index is 1.90. The number of amidine groups is 1. The smallest absolute Gasteiger partial charge is 0.157 e. The molecule has 0 bridgehead atoms. The van der Waals surface area contributed by atoms with E-state index in [2.05, 4.69) is 36.5 Å². The van der Waals surface area contributed by atoms with Crippen molar-refractivity contribution in [2.45, 2.75) is 19.0 Å². The van der Waals surface area contributed by atoms with E-state index in [1.807, 2.05) is 24.3 Å². The number of aliphatic imine (C=N–C) groups is 1. The number of hydrogen-bond donors (Lipinski definition) is 1. The van der Waals surface area contributed by atoms with Gasteiger partial charge in [-0.05, 0) is 41.1 Å². The van der Waals surface area contributed by atoms with E-state index in [4.69, 9.17) is 14.5 Å². The SMILES string of the molecule is CCSC1=N[C@@H](c2ccc(OC)cc2)[C@H](c2ccc(OC)cc2)N1. The molecule has 1 N–H and O–H groups in total. The monoisotopic (exact) mass is 342 g/mol. The van der Waals surface area contributed by atoms with Gasteiger partial charge in [-0.3, -0.25) is 4.99 Å². The summed E-state index contributed by atoms with van der Waals surface area (Å²) in [6.07, 6.45) is 0. The second-order valence-corrected chi connectivity index (χ2v) is 6.73. The molecule has 4 nitrogen and oxygen atoms in total. The predicted octanol–water partition coefficient (Wildman–Crippen LogP) is 4.20. The van der Waals surface area contributed by atoms with Gasteiger partial charge >= 0.3 is 0 Å². The minimum absolute atomic E-state index is 0.0540. The third-order valence-electron chi connectivity index (χ3n) is 4.06. The van der Waals surface area contributed by atoms with E-state index in [-0.39, 0.29) is 12.1 Å². The van der Waals surface area contributed by atoms with Gasteiger partial charge < -0.3 is 14.8 Å². The number of benzene rings is 2. The average molecular weight is 342 g/mol. The number of methoxy groups -OCH3 is 2. The number of ether oxygens (including phenoxy) is 2. The molecule has 0 aliphatic carbocycles. The Hall–Kier alpha value is -2.14. The molecule has 5 heteroatoms. The zero-order valence-electron chi connectivity index (χ0n) is 14.2. The molecule has 0 spiro atoms. The molecule has 0 aromatic heterocycles. The molecule has 3 rings (SSSR count). The highest BCUT2D eigenvalue weighted by atomic mass is 32.2. The molecule has 0 saturated carbocycles. The van der Waals surface area contributed by atoms with Crippen LogP contribution in [0.3, 0.4) is 0 Å². The third kappa shape index (κ3) is 3.51. The maximum Gasteiger partial charge on any atom is 0.157 e. The van der Waals surface area contributed by atoms with Gasteiger partial charge in [0.05, 0.1) is 20.3 Å². The number of rotatable bonds is 5. The molecular weight excluding hydrogens is 320 g/mol. The summed E-state index contributed by atoms with van der Waals surface area (Å²) in [5.74, 6) is 2.72. The van der Waals surface area contributed by atoms with Crippen LogP contribution in [-0.4, -0.2) is 25.1 Å². The molecule has 1 aliphatic heterocycles. The van der Waals surface area contributed by atoms with Crippen LogP contribution in [0, 0.1) is 0 Å². The zero-order valence-corrected chi connectivity index (χ0v) is 15.0. The summed E-state index contributed by atoms with van der Waals surface area (Å²) in [5, 5.41) is 4.56. The van der Waals surface area contributed by atoms with Crippen LogP contribution in [0.2, 0.25) is 0 Å². The minimum atomic E-state index is 0.0540. The maximum absolute atomic E-state index is 5.26. The van der Waals surface area contributed by atoms with Gasteiger partial charge in [-0.1, -0.05) is 43.0 Å². The van der Waals surface area contributed by atoms with Crippen molar-refractivity contribution in [1.82, 2.24) is 5.32 Å².